The molecule has 7 heteroatoms. The van der Waals surface area contributed by atoms with Crippen LogP contribution in [0.15, 0.2) is 41.8 Å². The van der Waals surface area contributed by atoms with Crippen LogP contribution in [0.2, 0.25) is 5.02 Å². The number of hydrogen-bond donors (Lipinski definition) is 1. The number of aromatic nitrogens is 2. The predicted molar refractivity (Wildman–Crippen MR) is 95.0 cm³/mol. The van der Waals surface area contributed by atoms with Crippen molar-refractivity contribution in [2.75, 3.05) is 6.61 Å². The maximum Gasteiger partial charge on any atom is 0.331 e. The summed E-state index contributed by atoms with van der Waals surface area (Å²) in [5.74, 6) is 0.128. The van der Waals surface area contributed by atoms with Crippen molar-refractivity contribution in [3.63, 3.8) is 0 Å². The number of benzene rings is 1. The Balaban J connectivity index is 1.74. The van der Waals surface area contributed by atoms with Crippen LogP contribution in [0.5, 0.6) is 0 Å². The third kappa shape index (κ3) is 3.84. The molecule has 0 radical (unpaired) electrons. The number of hydrogen-bond acceptors (Lipinski definition) is 5. The van der Waals surface area contributed by atoms with Gasteiger partial charge >= 0.3 is 5.97 Å². The SMILES string of the molecule is O=C(C=Cc1cccs1)OCc1nc2ccc(Cl)cc2n1CCO. The number of esters is 1. The number of aliphatic hydroxyl groups excluding tert-OH is 1. The lowest BCUT2D eigenvalue weighted by molar-refractivity contribution is -0.139. The highest BCUT2D eigenvalue weighted by Gasteiger charge is 2.12. The van der Waals surface area contributed by atoms with Gasteiger partial charge in [0.1, 0.15) is 12.4 Å². The van der Waals surface area contributed by atoms with Gasteiger partial charge in [-0.25, -0.2) is 9.78 Å². The molecule has 1 N–H and O–H groups in total. The maximum absolute atomic E-state index is 11.8. The van der Waals surface area contributed by atoms with Crippen LogP contribution in [0.1, 0.15) is 10.7 Å². The summed E-state index contributed by atoms with van der Waals surface area (Å²) in [5, 5.41) is 11.8. The Morgan fingerprint density at radius 1 is 1.42 bits per heavy atom. The van der Waals surface area contributed by atoms with Crippen molar-refractivity contribution in [1.29, 1.82) is 0 Å². The van der Waals surface area contributed by atoms with E-state index >= 15 is 0 Å². The van der Waals surface area contributed by atoms with Crippen LogP contribution < -0.4 is 0 Å². The largest absolute Gasteiger partial charge is 0.454 e. The third-order valence-corrected chi connectivity index (χ3v) is 4.46. The second kappa shape index (κ2) is 7.61. The molecular weight excluding hydrogens is 348 g/mol. The molecule has 24 heavy (non-hydrogen) atoms. The molecule has 0 saturated heterocycles. The van der Waals surface area contributed by atoms with Crippen molar-refractivity contribution in [1.82, 2.24) is 9.55 Å². The molecule has 2 heterocycles. The lowest BCUT2D eigenvalue weighted by Crippen LogP contribution is -2.10. The highest BCUT2D eigenvalue weighted by atomic mass is 35.5. The molecule has 1 aromatic carbocycles. The first-order valence-corrected chi connectivity index (χ1v) is 8.57. The van der Waals surface area contributed by atoms with Crippen LogP contribution in [-0.4, -0.2) is 27.2 Å². The van der Waals surface area contributed by atoms with Crippen LogP contribution in [0, 0.1) is 0 Å². The van der Waals surface area contributed by atoms with Crippen molar-refractivity contribution < 1.29 is 14.6 Å². The zero-order valence-corrected chi connectivity index (χ0v) is 14.3. The van der Waals surface area contributed by atoms with E-state index in [0.717, 1.165) is 15.9 Å². The summed E-state index contributed by atoms with van der Waals surface area (Å²) in [4.78, 5) is 17.3. The van der Waals surface area contributed by atoms with E-state index in [1.807, 2.05) is 17.5 Å². The first-order valence-electron chi connectivity index (χ1n) is 7.31. The van der Waals surface area contributed by atoms with Crippen molar-refractivity contribution in [2.24, 2.45) is 0 Å². The van der Waals surface area contributed by atoms with Gasteiger partial charge in [-0.3, -0.25) is 0 Å². The van der Waals surface area contributed by atoms with Crippen molar-refractivity contribution in [3.8, 4) is 0 Å². The van der Waals surface area contributed by atoms with Gasteiger partial charge in [-0.1, -0.05) is 17.7 Å². The second-order valence-corrected chi connectivity index (χ2v) is 6.41. The van der Waals surface area contributed by atoms with Gasteiger partial charge in [-0.05, 0) is 35.7 Å². The van der Waals surface area contributed by atoms with E-state index in [-0.39, 0.29) is 13.2 Å². The molecule has 0 unspecified atom stereocenters. The summed E-state index contributed by atoms with van der Waals surface area (Å²) in [5.41, 5.74) is 1.55. The first kappa shape index (κ1) is 16.7. The minimum Gasteiger partial charge on any atom is -0.454 e. The fourth-order valence-electron chi connectivity index (χ4n) is 2.33. The number of thiophene rings is 1. The first-order chi connectivity index (χ1) is 11.7. The number of nitrogens with zero attached hydrogens (tertiary/aromatic N) is 2. The van der Waals surface area contributed by atoms with Gasteiger partial charge in [0.2, 0.25) is 0 Å². The zero-order chi connectivity index (χ0) is 16.9. The van der Waals surface area contributed by atoms with Crippen molar-refractivity contribution >= 4 is 46.0 Å². The van der Waals surface area contributed by atoms with Gasteiger partial charge < -0.3 is 14.4 Å². The molecule has 0 fully saturated rings. The van der Waals surface area contributed by atoms with Gasteiger partial charge in [0, 0.05) is 22.5 Å². The van der Waals surface area contributed by atoms with Gasteiger partial charge in [-0.15, -0.1) is 11.3 Å². The van der Waals surface area contributed by atoms with Crippen LogP contribution >= 0.6 is 22.9 Å². The highest BCUT2D eigenvalue weighted by molar-refractivity contribution is 7.10. The number of carbonyl (C=O) groups is 1. The molecule has 0 saturated carbocycles. The summed E-state index contributed by atoms with van der Waals surface area (Å²) >= 11 is 7.56. The summed E-state index contributed by atoms with van der Waals surface area (Å²) in [7, 11) is 0. The van der Waals surface area contributed by atoms with Gasteiger partial charge in [0.25, 0.3) is 0 Å². The highest BCUT2D eigenvalue weighted by Crippen LogP contribution is 2.21. The summed E-state index contributed by atoms with van der Waals surface area (Å²) < 4.78 is 7.06. The Labute approximate surface area is 147 Å². The van der Waals surface area contributed by atoms with E-state index in [2.05, 4.69) is 4.98 Å². The number of imidazole rings is 1. The number of halogens is 1. The van der Waals surface area contributed by atoms with E-state index in [1.165, 1.54) is 6.08 Å². The molecule has 5 nitrogen and oxygen atoms in total. The average Bonchev–Trinajstić information content (AvgIpc) is 3.20. The summed E-state index contributed by atoms with van der Waals surface area (Å²) in [6, 6.07) is 9.16. The Bertz CT molecular complexity index is 871. The normalized spacial score (nSPS) is 11.4. The lowest BCUT2D eigenvalue weighted by atomic mass is 10.3. The van der Waals surface area contributed by atoms with Crippen molar-refractivity contribution in [3.05, 3.63) is 57.5 Å². The summed E-state index contributed by atoms with van der Waals surface area (Å²) in [6.45, 7) is 0.339. The predicted octanol–water partition coefficient (Wildman–Crippen LogP) is 3.50. The molecule has 0 amide bonds. The number of rotatable bonds is 6. The Kier molecular flexibility index (Phi) is 5.30. The van der Waals surface area contributed by atoms with E-state index in [0.29, 0.717) is 17.4 Å². The summed E-state index contributed by atoms with van der Waals surface area (Å²) in [6.07, 6.45) is 3.10. The van der Waals surface area contributed by atoms with Crippen molar-refractivity contribution in [2.45, 2.75) is 13.2 Å². The molecule has 0 atom stereocenters. The molecule has 3 rings (SSSR count). The number of carbonyl (C=O) groups excluding carboxylic acids is 1. The molecule has 0 bridgehead atoms. The number of fused-ring (bicyclic) bond motifs is 1. The Morgan fingerprint density at radius 3 is 3.04 bits per heavy atom. The van der Waals surface area contributed by atoms with E-state index in [9.17, 15) is 9.90 Å². The number of aliphatic hydroxyl groups is 1. The Morgan fingerprint density at radius 2 is 2.29 bits per heavy atom. The molecule has 0 aliphatic carbocycles. The molecule has 3 aromatic rings. The van der Waals surface area contributed by atoms with E-state index in [1.54, 1.807) is 40.2 Å². The molecule has 0 aliphatic heterocycles. The fourth-order valence-corrected chi connectivity index (χ4v) is 3.11. The second-order valence-electron chi connectivity index (χ2n) is 4.99. The van der Waals surface area contributed by atoms with E-state index < -0.39 is 5.97 Å². The molecule has 124 valence electrons. The quantitative estimate of drug-likeness (QED) is 0.538. The molecule has 0 spiro atoms. The lowest BCUT2D eigenvalue weighted by Gasteiger charge is -2.07. The fraction of sp³-hybridized carbons (Fsp3) is 0.176. The average molecular weight is 363 g/mol. The molecule has 0 aliphatic rings. The topological polar surface area (TPSA) is 64.3 Å². The Hall–Kier alpha value is -2.15. The maximum atomic E-state index is 11.8. The molecule has 2 aromatic heterocycles. The van der Waals surface area contributed by atoms with Crippen LogP contribution in [0.4, 0.5) is 0 Å². The minimum atomic E-state index is -0.441. The number of ether oxygens (including phenoxy) is 1. The van der Waals surface area contributed by atoms with Gasteiger partial charge in [0.05, 0.1) is 17.6 Å². The van der Waals surface area contributed by atoms with Crippen LogP contribution in [-0.2, 0) is 22.7 Å². The minimum absolute atomic E-state index is 0.0277. The van der Waals surface area contributed by atoms with Crippen LogP contribution in [0.3, 0.4) is 0 Å². The molecular formula is C17H15ClN2O3S. The van der Waals surface area contributed by atoms with Crippen LogP contribution in [0.25, 0.3) is 17.1 Å². The third-order valence-electron chi connectivity index (χ3n) is 3.38. The van der Waals surface area contributed by atoms with Gasteiger partial charge in [-0.2, -0.15) is 0 Å². The standard InChI is InChI=1S/C17H15ClN2O3S/c18-12-3-5-14-15(10-12)20(7-8-21)16(19-14)11-23-17(22)6-4-13-2-1-9-24-13/h1-6,9-10,21H,7-8,11H2. The van der Waals surface area contributed by atoms with E-state index in [4.69, 9.17) is 16.3 Å². The smallest absolute Gasteiger partial charge is 0.331 e. The van der Waals surface area contributed by atoms with Gasteiger partial charge in [0.15, 0.2) is 0 Å². The monoisotopic (exact) mass is 362 g/mol. The zero-order valence-electron chi connectivity index (χ0n) is 12.7.